The second-order valence-corrected chi connectivity index (χ2v) is 4.86. The van der Waals surface area contributed by atoms with E-state index in [1.54, 1.807) is 24.3 Å². The summed E-state index contributed by atoms with van der Waals surface area (Å²) in [6.07, 6.45) is 0.709. The Bertz CT molecular complexity index is 440. The van der Waals surface area contributed by atoms with Crippen LogP contribution in [-0.4, -0.2) is 25.6 Å². The van der Waals surface area contributed by atoms with Gasteiger partial charge in [0.1, 0.15) is 12.2 Å². The fourth-order valence-corrected chi connectivity index (χ4v) is 1.46. The van der Waals surface area contributed by atoms with Crippen molar-refractivity contribution in [3.8, 4) is 5.75 Å². The minimum Gasteiger partial charge on any atom is -0.494 e. The molecule has 0 fully saturated rings. The number of carbonyl (C=O) groups is 2. The Morgan fingerprint density at radius 3 is 2.40 bits per heavy atom. The lowest BCUT2D eigenvalue weighted by Crippen LogP contribution is -2.17. The summed E-state index contributed by atoms with van der Waals surface area (Å²) in [7, 11) is 1.25. The van der Waals surface area contributed by atoms with E-state index in [0.29, 0.717) is 18.2 Å². The van der Waals surface area contributed by atoms with Crippen molar-refractivity contribution in [2.24, 2.45) is 5.92 Å². The van der Waals surface area contributed by atoms with E-state index in [-0.39, 0.29) is 6.42 Å². The largest absolute Gasteiger partial charge is 0.494 e. The Hall–Kier alpha value is -2.04. The first-order valence-corrected chi connectivity index (χ1v) is 6.60. The van der Waals surface area contributed by atoms with Gasteiger partial charge in [-0.3, -0.25) is 9.59 Å². The summed E-state index contributed by atoms with van der Waals surface area (Å²) in [6, 6.07) is 7.04. The third kappa shape index (κ3) is 6.22. The molecule has 0 saturated carbocycles. The highest BCUT2D eigenvalue weighted by molar-refractivity contribution is 6.01. The van der Waals surface area contributed by atoms with Gasteiger partial charge in [-0.2, -0.15) is 0 Å². The number of methoxy groups -OCH3 is 1. The fraction of sp³-hybridized carbons (Fsp3) is 0.467. The highest BCUT2D eigenvalue weighted by Gasteiger charge is 2.09. The zero-order valence-corrected chi connectivity index (χ0v) is 12.1. The normalized spacial score (nSPS) is 10.2. The molecule has 0 radical (unpaired) electrons. The van der Waals surface area contributed by atoms with Gasteiger partial charge in [0.25, 0.3) is 0 Å². The Morgan fingerprint density at radius 1 is 1.20 bits per heavy atom. The van der Waals surface area contributed by atoms with Gasteiger partial charge in [0.2, 0.25) is 5.91 Å². The SMILES string of the molecule is COC(=O)CC(=O)Nc1ccc(OCCC(C)C)cc1. The van der Waals surface area contributed by atoms with Gasteiger partial charge in [0, 0.05) is 5.69 Å². The summed E-state index contributed by atoms with van der Waals surface area (Å²) in [6.45, 7) is 4.96. The predicted octanol–water partition coefficient (Wildman–Crippen LogP) is 2.61. The van der Waals surface area contributed by atoms with Gasteiger partial charge < -0.3 is 14.8 Å². The molecule has 5 heteroatoms. The van der Waals surface area contributed by atoms with Gasteiger partial charge in [-0.25, -0.2) is 0 Å². The molecule has 5 nitrogen and oxygen atoms in total. The number of benzene rings is 1. The number of hydrogen-bond acceptors (Lipinski definition) is 4. The number of amides is 1. The maximum atomic E-state index is 11.5. The van der Waals surface area contributed by atoms with Crippen molar-refractivity contribution in [3.63, 3.8) is 0 Å². The molecule has 1 amide bonds. The smallest absolute Gasteiger partial charge is 0.315 e. The third-order valence-corrected chi connectivity index (χ3v) is 2.63. The molecule has 0 aromatic heterocycles. The van der Waals surface area contributed by atoms with Gasteiger partial charge in [0.05, 0.1) is 13.7 Å². The first-order valence-electron chi connectivity index (χ1n) is 6.60. The molecule has 1 rings (SSSR count). The van der Waals surface area contributed by atoms with Crippen molar-refractivity contribution in [2.75, 3.05) is 19.0 Å². The lowest BCUT2D eigenvalue weighted by Gasteiger charge is -2.09. The van der Waals surface area contributed by atoms with E-state index in [2.05, 4.69) is 23.9 Å². The Kier molecular flexibility index (Phi) is 6.56. The highest BCUT2D eigenvalue weighted by atomic mass is 16.5. The van der Waals surface area contributed by atoms with Gasteiger partial charge in [0.15, 0.2) is 0 Å². The summed E-state index contributed by atoms with van der Waals surface area (Å²) in [4.78, 5) is 22.4. The first-order chi connectivity index (χ1) is 9.51. The quantitative estimate of drug-likeness (QED) is 0.615. The molecule has 110 valence electrons. The number of rotatable bonds is 7. The number of ether oxygens (including phenoxy) is 2. The zero-order chi connectivity index (χ0) is 15.0. The van der Waals surface area contributed by atoms with Crippen LogP contribution in [0.3, 0.4) is 0 Å². The monoisotopic (exact) mass is 279 g/mol. The summed E-state index contributed by atoms with van der Waals surface area (Å²) in [5, 5.41) is 2.61. The molecule has 0 aliphatic heterocycles. The second-order valence-electron chi connectivity index (χ2n) is 4.86. The van der Waals surface area contributed by atoms with E-state index in [4.69, 9.17) is 4.74 Å². The van der Waals surface area contributed by atoms with E-state index in [1.807, 2.05) is 0 Å². The van der Waals surface area contributed by atoms with Crippen LogP contribution >= 0.6 is 0 Å². The average molecular weight is 279 g/mol. The van der Waals surface area contributed by atoms with Crippen LogP contribution < -0.4 is 10.1 Å². The molecule has 0 heterocycles. The van der Waals surface area contributed by atoms with Crippen molar-refractivity contribution in [2.45, 2.75) is 26.7 Å². The van der Waals surface area contributed by atoms with Gasteiger partial charge >= 0.3 is 5.97 Å². The summed E-state index contributed by atoms with van der Waals surface area (Å²) in [5.41, 5.74) is 0.620. The Balaban J connectivity index is 2.42. The number of carbonyl (C=O) groups excluding carboxylic acids is 2. The third-order valence-electron chi connectivity index (χ3n) is 2.63. The first kappa shape index (κ1) is 16.0. The number of nitrogens with one attached hydrogen (secondary N) is 1. The number of hydrogen-bond donors (Lipinski definition) is 1. The molecule has 1 N–H and O–H groups in total. The molecule has 0 aliphatic carbocycles. The van der Waals surface area contributed by atoms with E-state index < -0.39 is 11.9 Å². The second kappa shape index (κ2) is 8.19. The van der Waals surface area contributed by atoms with Crippen LogP contribution in [0.25, 0.3) is 0 Å². The molecule has 1 aromatic carbocycles. The molecule has 0 saturated heterocycles. The van der Waals surface area contributed by atoms with Crippen LogP contribution in [0, 0.1) is 5.92 Å². The maximum Gasteiger partial charge on any atom is 0.315 e. The van der Waals surface area contributed by atoms with Crippen molar-refractivity contribution in [3.05, 3.63) is 24.3 Å². The van der Waals surface area contributed by atoms with Crippen molar-refractivity contribution in [1.29, 1.82) is 0 Å². The topological polar surface area (TPSA) is 64.6 Å². The molecular weight excluding hydrogens is 258 g/mol. The molecule has 0 bridgehead atoms. The van der Waals surface area contributed by atoms with Crippen LogP contribution in [0.1, 0.15) is 26.7 Å². The van der Waals surface area contributed by atoms with Crippen molar-refractivity contribution >= 4 is 17.6 Å². The number of anilines is 1. The Labute approximate surface area is 119 Å². The van der Waals surface area contributed by atoms with Gasteiger partial charge in [-0.15, -0.1) is 0 Å². The van der Waals surface area contributed by atoms with Crippen LogP contribution in [0.5, 0.6) is 5.75 Å². The van der Waals surface area contributed by atoms with E-state index >= 15 is 0 Å². The van der Waals surface area contributed by atoms with Crippen LogP contribution in [-0.2, 0) is 14.3 Å². The number of esters is 1. The molecule has 0 atom stereocenters. The molecule has 1 aromatic rings. The standard InChI is InChI=1S/C15H21NO4/c1-11(2)8-9-20-13-6-4-12(5-7-13)16-14(17)10-15(18)19-3/h4-7,11H,8-10H2,1-3H3,(H,16,17). The molecule has 0 aliphatic rings. The van der Waals surface area contributed by atoms with E-state index in [9.17, 15) is 9.59 Å². The minimum atomic E-state index is -0.559. The molecular formula is C15H21NO4. The lowest BCUT2D eigenvalue weighted by molar-refractivity contribution is -0.142. The minimum absolute atomic E-state index is 0.289. The summed E-state index contributed by atoms with van der Waals surface area (Å²) >= 11 is 0. The van der Waals surface area contributed by atoms with E-state index in [0.717, 1.165) is 12.2 Å². The maximum absolute atomic E-state index is 11.5. The summed E-state index contributed by atoms with van der Waals surface area (Å²) < 4.78 is 9.99. The predicted molar refractivity (Wildman–Crippen MR) is 76.7 cm³/mol. The highest BCUT2D eigenvalue weighted by Crippen LogP contribution is 2.16. The van der Waals surface area contributed by atoms with Crippen LogP contribution in [0.15, 0.2) is 24.3 Å². The zero-order valence-electron chi connectivity index (χ0n) is 12.1. The fourth-order valence-electron chi connectivity index (χ4n) is 1.46. The van der Waals surface area contributed by atoms with Crippen molar-refractivity contribution < 1.29 is 19.1 Å². The van der Waals surface area contributed by atoms with E-state index in [1.165, 1.54) is 7.11 Å². The molecule has 0 spiro atoms. The Morgan fingerprint density at radius 2 is 1.85 bits per heavy atom. The van der Waals surface area contributed by atoms with Gasteiger partial charge in [-0.1, -0.05) is 13.8 Å². The summed E-state index contributed by atoms with van der Waals surface area (Å²) in [5.74, 6) is 0.407. The molecule has 20 heavy (non-hydrogen) atoms. The molecule has 0 unspecified atom stereocenters. The average Bonchev–Trinajstić information content (AvgIpc) is 2.40. The lowest BCUT2D eigenvalue weighted by atomic mass is 10.1. The van der Waals surface area contributed by atoms with Crippen molar-refractivity contribution in [1.82, 2.24) is 0 Å². The van der Waals surface area contributed by atoms with Crippen LogP contribution in [0.2, 0.25) is 0 Å². The van der Waals surface area contributed by atoms with Crippen LogP contribution in [0.4, 0.5) is 5.69 Å². The van der Waals surface area contributed by atoms with Gasteiger partial charge in [-0.05, 0) is 36.6 Å².